The molecular weight excluding hydrogens is 322 g/mol. The van der Waals surface area contributed by atoms with Gasteiger partial charge in [0.05, 0.1) is 14.2 Å². The van der Waals surface area contributed by atoms with Crippen molar-refractivity contribution in [3.05, 3.63) is 23.8 Å². The zero-order chi connectivity index (χ0) is 18.4. The molecule has 0 saturated heterocycles. The highest BCUT2D eigenvalue weighted by atomic mass is 16.5. The van der Waals surface area contributed by atoms with Crippen molar-refractivity contribution in [2.75, 3.05) is 20.8 Å². The maximum absolute atomic E-state index is 12.4. The summed E-state index contributed by atoms with van der Waals surface area (Å²) in [6.45, 7) is 4.04. The molecule has 0 radical (unpaired) electrons. The molecule has 2 rings (SSSR count). The maximum atomic E-state index is 12.4. The first kappa shape index (κ1) is 19.1. The molecule has 0 unspecified atom stereocenters. The van der Waals surface area contributed by atoms with Gasteiger partial charge in [-0.2, -0.15) is 0 Å². The van der Waals surface area contributed by atoms with Crippen molar-refractivity contribution < 1.29 is 23.8 Å². The van der Waals surface area contributed by atoms with Gasteiger partial charge in [-0.25, -0.2) is 4.79 Å². The van der Waals surface area contributed by atoms with Crippen molar-refractivity contribution >= 4 is 11.9 Å². The molecule has 1 aliphatic carbocycles. The van der Waals surface area contributed by atoms with Crippen LogP contribution in [0.4, 0.5) is 0 Å². The van der Waals surface area contributed by atoms with E-state index in [0.717, 1.165) is 12.8 Å². The van der Waals surface area contributed by atoms with E-state index in [0.29, 0.717) is 23.3 Å². The van der Waals surface area contributed by atoms with Gasteiger partial charge in [-0.3, -0.25) is 4.79 Å². The van der Waals surface area contributed by atoms with Crippen LogP contribution in [0, 0.1) is 11.8 Å². The zero-order valence-electron chi connectivity index (χ0n) is 15.3. The van der Waals surface area contributed by atoms with E-state index in [-0.39, 0.29) is 24.1 Å². The van der Waals surface area contributed by atoms with Crippen LogP contribution >= 0.6 is 0 Å². The van der Waals surface area contributed by atoms with Crippen LogP contribution in [-0.2, 0) is 9.53 Å². The summed E-state index contributed by atoms with van der Waals surface area (Å²) in [5.41, 5.74) is 0.181. The summed E-state index contributed by atoms with van der Waals surface area (Å²) in [6.07, 6.45) is 3.26. The second-order valence-corrected chi connectivity index (χ2v) is 6.55. The second kappa shape index (κ2) is 8.74. The first-order valence-electron chi connectivity index (χ1n) is 8.65. The molecule has 1 aromatic rings. The average Bonchev–Trinajstić information content (AvgIpc) is 2.62. The highest BCUT2D eigenvalue weighted by Gasteiger charge is 2.28. The van der Waals surface area contributed by atoms with Crippen LogP contribution in [0.25, 0.3) is 0 Å². The SMILES string of the molecule is COc1cccc(OC)c1C(=O)OCC(=O)N[C@H]1CCC[C@@H](C)[C@@H]1C. The third-order valence-corrected chi connectivity index (χ3v) is 5.02. The third-order valence-electron chi connectivity index (χ3n) is 5.02. The van der Waals surface area contributed by atoms with Crippen LogP contribution in [0.1, 0.15) is 43.5 Å². The second-order valence-electron chi connectivity index (χ2n) is 6.55. The third kappa shape index (κ3) is 4.65. The molecule has 0 aliphatic heterocycles. The topological polar surface area (TPSA) is 73.9 Å². The van der Waals surface area contributed by atoms with E-state index in [9.17, 15) is 9.59 Å². The maximum Gasteiger partial charge on any atom is 0.346 e. The predicted octanol–water partition coefficient (Wildman–Crippen LogP) is 2.80. The van der Waals surface area contributed by atoms with Crippen molar-refractivity contribution in [3.8, 4) is 11.5 Å². The summed E-state index contributed by atoms with van der Waals surface area (Å²) >= 11 is 0. The molecule has 0 heterocycles. The molecule has 1 fully saturated rings. The number of methoxy groups -OCH3 is 2. The highest BCUT2D eigenvalue weighted by molar-refractivity contribution is 5.96. The van der Waals surface area contributed by atoms with E-state index in [2.05, 4.69) is 19.2 Å². The van der Waals surface area contributed by atoms with E-state index in [4.69, 9.17) is 14.2 Å². The van der Waals surface area contributed by atoms with Crippen LogP contribution < -0.4 is 14.8 Å². The lowest BCUT2D eigenvalue weighted by molar-refractivity contribution is -0.125. The molecule has 6 heteroatoms. The fraction of sp³-hybridized carbons (Fsp3) is 0.579. The minimum absolute atomic E-state index is 0.135. The molecule has 0 aromatic heterocycles. The first-order valence-corrected chi connectivity index (χ1v) is 8.65. The number of rotatable bonds is 6. The molecule has 138 valence electrons. The molecule has 1 saturated carbocycles. The Bertz CT molecular complexity index is 594. The lowest BCUT2D eigenvalue weighted by Crippen LogP contribution is -2.45. The zero-order valence-corrected chi connectivity index (χ0v) is 15.3. The molecule has 1 aromatic carbocycles. The Hall–Kier alpha value is -2.24. The number of amides is 1. The van der Waals surface area contributed by atoms with Crippen LogP contribution in [0.5, 0.6) is 11.5 Å². The Kier molecular flexibility index (Phi) is 6.67. The minimum atomic E-state index is -0.644. The van der Waals surface area contributed by atoms with Crippen molar-refractivity contribution in [1.29, 1.82) is 0 Å². The Balaban J connectivity index is 1.95. The first-order chi connectivity index (χ1) is 12.0. The van der Waals surface area contributed by atoms with Crippen molar-refractivity contribution in [2.24, 2.45) is 11.8 Å². The van der Waals surface area contributed by atoms with Gasteiger partial charge in [0.2, 0.25) is 0 Å². The standard InChI is InChI=1S/C19H27NO5/c1-12-7-5-8-14(13(12)2)20-17(21)11-25-19(22)18-15(23-3)9-6-10-16(18)24-4/h6,9-10,12-14H,5,7-8,11H2,1-4H3,(H,20,21)/t12-,13+,14+/m1/s1. The largest absolute Gasteiger partial charge is 0.496 e. The molecule has 6 nitrogen and oxygen atoms in total. The van der Waals surface area contributed by atoms with E-state index in [1.165, 1.54) is 20.6 Å². The fourth-order valence-electron chi connectivity index (χ4n) is 3.29. The molecule has 0 bridgehead atoms. The lowest BCUT2D eigenvalue weighted by atomic mass is 9.78. The van der Waals surface area contributed by atoms with E-state index >= 15 is 0 Å². The summed E-state index contributed by atoms with van der Waals surface area (Å²) in [5, 5.41) is 2.98. The summed E-state index contributed by atoms with van der Waals surface area (Å²) < 4.78 is 15.5. The van der Waals surface area contributed by atoms with Gasteiger partial charge in [-0.15, -0.1) is 0 Å². The molecule has 1 aliphatic rings. The van der Waals surface area contributed by atoms with Gasteiger partial charge in [-0.05, 0) is 30.4 Å². The Morgan fingerprint density at radius 1 is 1.12 bits per heavy atom. The number of hydrogen-bond donors (Lipinski definition) is 1. The number of ether oxygens (including phenoxy) is 3. The van der Waals surface area contributed by atoms with E-state index in [1.807, 2.05) is 0 Å². The van der Waals surface area contributed by atoms with Gasteiger partial charge in [0.15, 0.2) is 6.61 Å². The normalized spacial score (nSPS) is 22.8. The van der Waals surface area contributed by atoms with Crippen LogP contribution in [0.15, 0.2) is 18.2 Å². The van der Waals surface area contributed by atoms with Gasteiger partial charge < -0.3 is 19.5 Å². The quantitative estimate of drug-likeness (QED) is 0.800. The summed E-state index contributed by atoms with van der Waals surface area (Å²) in [7, 11) is 2.92. The number of carbonyl (C=O) groups excluding carboxylic acids is 2. The minimum Gasteiger partial charge on any atom is -0.496 e. The molecule has 1 amide bonds. The van der Waals surface area contributed by atoms with Crippen molar-refractivity contribution in [1.82, 2.24) is 5.32 Å². The average molecular weight is 349 g/mol. The van der Waals surface area contributed by atoms with Crippen molar-refractivity contribution in [2.45, 2.75) is 39.2 Å². The number of esters is 1. The van der Waals surface area contributed by atoms with Crippen LogP contribution in [-0.4, -0.2) is 38.7 Å². The lowest BCUT2D eigenvalue weighted by Gasteiger charge is -2.34. The number of hydrogen-bond acceptors (Lipinski definition) is 5. The Morgan fingerprint density at radius 3 is 2.36 bits per heavy atom. The Labute approximate surface area is 148 Å². The predicted molar refractivity (Wildman–Crippen MR) is 93.9 cm³/mol. The number of benzene rings is 1. The molecule has 3 atom stereocenters. The summed E-state index contributed by atoms with van der Waals surface area (Å²) in [5.74, 6) is 0.767. The van der Waals surface area contributed by atoms with E-state index in [1.54, 1.807) is 18.2 Å². The highest BCUT2D eigenvalue weighted by Crippen LogP contribution is 2.30. The monoisotopic (exact) mass is 349 g/mol. The molecule has 0 spiro atoms. The van der Waals surface area contributed by atoms with Gasteiger partial charge in [0, 0.05) is 6.04 Å². The summed E-state index contributed by atoms with van der Waals surface area (Å²) in [4.78, 5) is 24.5. The smallest absolute Gasteiger partial charge is 0.346 e. The van der Waals surface area contributed by atoms with Gasteiger partial charge >= 0.3 is 5.97 Å². The van der Waals surface area contributed by atoms with Crippen molar-refractivity contribution in [3.63, 3.8) is 0 Å². The molecule has 1 N–H and O–H groups in total. The summed E-state index contributed by atoms with van der Waals surface area (Å²) in [6, 6.07) is 5.14. The fourth-order valence-corrected chi connectivity index (χ4v) is 3.29. The van der Waals surface area contributed by atoms with Crippen LogP contribution in [0.2, 0.25) is 0 Å². The van der Waals surface area contributed by atoms with Gasteiger partial charge in [0.25, 0.3) is 5.91 Å². The van der Waals surface area contributed by atoms with Gasteiger partial charge in [0.1, 0.15) is 17.1 Å². The molecule has 25 heavy (non-hydrogen) atoms. The van der Waals surface area contributed by atoms with Gasteiger partial charge in [-0.1, -0.05) is 32.8 Å². The van der Waals surface area contributed by atoms with E-state index < -0.39 is 5.97 Å². The molecular formula is C19H27NO5. The number of nitrogens with one attached hydrogen (secondary N) is 1. The number of carbonyl (C=O) groups is 2. The van der Waals surface area contributed by atoms with Crippen LogP contribution in [0.3, 0.4) is 0 Å². The Morgan fingerprint density at radius 2 is 1.76 bits per heavy atom.